The summed E-state index contributed by atoms with van der Waals surface area (Å²) in [5, 5.41) is 2.79. The van der Waals surface area contributed by atoms with Gasteiger partial charge in [-0.3, -0.25) is 9.59 Å². The number of Topliss-reactive ketones (excluding diaryl/α,β-unsaturated/α-hetero) is 1. The van der Waals surface area contributed by atoms with Gasteiger partial charge in [-0.15, -0.1) is 11.3 Å². The number of thiazole rings is 1. The maximum Gasteiger partial charge on any atom is 0.309 e. The fraction of sp³-hybridized carbons (Fsp3) is 0.464. The predicted octanol–water partition coefficient (Wildman–Crippen LogP) is 4.71. The summed E-state index contributed by atoms with van der Waals surface area (Å²) in [4.78, 5) is 43.0. The Bertz CT molecular complexity index is 1240. The van der Waals surface area contributed by atoms with E-state index in [1.165, 1.54) is 35.4 Å². The summed E-state index contributed by atoms with van der Waals surface area (Å²) in [5.74, 6) is 0.457. The number of carbonyl (C=O) groups excluding carboxylic acids is 2. The molecular formula is C28H33N5O3S. The van der Waals surface area contributed by atoms with Gasteiger partial charge in [-0.05, 0) is 57.2 Å². The van der Waals surface area contributed by atoms with E-state index in [9.17, 15) is 9.59 Å². The summed E-state index contributed by atoms with van der Waals surface area (Å²) in [6.07, 6.45) is 7.37. The van der Waals surface area contributed by atoms with Crippen LogP contribution in [0.1, 0.15) is 53.7 Å². The second-order valence-electron chi connectivity index (χ2n) is 9.70. The smallest absolute Gasteiger partial charge is 0.309 e. The molecule has 4 heterocycles. The van der Waals surface area contributed by atoms with Crippen molar-refractivity contribution in [3.05, 3.63) is 52.2 Å². The van der Waals surface area contributed by atoms with Crippen molar-refractivity contribution in [3.8, 4) is 11.3 Å². The zero-order valence-corrected chi connectivity index (χ0v) is 22.3. The van der Waals surface area contributed by atoms with E-state index >= 15 is 0 Å². The van der Waals surface area contributed by atoms with Crippen LogP contribution in [0.25, 0.3) is 11.3 Å². The standard InChI is InChI=1S/C28H33N5O3S/c1-3-36-28(35)20-8-12-33(13-9-20)26-17-29-22(16-30-26)25(34)15-27-31-23(18-37-27)21-6-7-24(19(2)14-21)32-10-4-5-11-32/h6-7,14,16-18,20H,3-5,8-13,15H2,1-2H3. The van der Waals surface area contributed by atoms with Gasteiger partial charge in [0.15, 0.2) is 5.78 Å². The Morgan fingerprint density at radius 2 is 1.84 bits per heavy atom. The first kappa shape index (κ1) is 25.3. The van der Waals surface area contributed by atoms with Crippen LogP contribution in [0.2, 0.25) is 0 Å². The van der Waals surface area contributed by atoms with Crippen molar-refractivity contribution >= 4 is 34.6 Å². The Kier molecular flexibility index (Phi) is 7.79. The lowest BCUT2D eigenvalue weighted by Crippen LogP contribution is -2.37. The Morgan fingerprint density at radius 3 is 2.51 bits per heavy atom. The second-order valence-corrected chi connectivity index (χ2v) is 10.6. The number of aromatic nitrogens is 3. The zero-order valence-electron chi connectivity index (χ0n) is 21.5. The maximum atomic E-state index is 12.9. The SMILES string of the molecule is CCOC(=O)C1CCN(c2cnc(C(=O)Cc3nc(-c4ccc(N5CCCC5)c(C)c4)cs3)cn2)CC1. The summed E-state index contributed by atoms with van der Waals surface area (Å²) in [6, 6.07) is 6.51. The molecule has 9 heteroatoms. The van der Waals surface area contributed by atoms with Crippen molar-refractivity contribution in [2.75, 3.05) is 42.6 Å². The highest BCUT2D eigenvalue weighted by Gasteiger charge is 2.27. The molecule has 0 bridgehead atoms. The van der Waals surface area contributed by atoms with Crippen molar-refractivity contribution < 1.29 is 14.3 Å². The van der Waals surface area contributed by atoms with Gasteiger partial charge in [-0.2, -0.15) is 0 Å². The van der Waals surface area contributed by atoms with Crippen LogP contribution in [-0.4, -0.2) is 59.5 Å². The van der Waals surface area contributed by atoms with E-state index in [0.717, 1.165) is 48.0 Å². The summed E-state index contributed by atoms with van der Waals surface area (Å²) in [7, 11) is 0. The van der Waals surface area contributed by atoms with Crippen molar-refractivity contribution in [1.29, 1.82) is 0 Å². The van der Waals surface area contributed by atoms with Crippen LogP contribution in [0.15, 0.2) is 36.0 Å². The second kappa shape index (κ2) is 11.4. The van der Waals surface area contributed by atoms with Gasteiger partial charge in [-0.25, -0.2) is 15.0 Å². The third-order valence-corrected chi connectivity index (χ3v) is 8.01. The number of ether oxygens (including phenoxy) is 1. The van der Waals surface area contributed by atoms with Crippen LogP contribution < -0.4 is 9.80 Å². The Balaban J connectivity index is 1.18. The molecule has 0 N–H and O–H groups in total. The number of ketones is 1. The van der Waals surface area contributed by atoms with Crippen molar-refractivity contribution in [1.82, 2.24) is 15.0 Å². The highest BCUT2D eigenvalue weighted by atomic mass is 32.1. The molecule has 2 saturated heterocycles. The molecule has 1 aromatic carbocycles. The third-order valence-electron chi connectivity index (χ3n) is 7.17. The summed E-state index contributed by atoms with van der Waals surface area (Å²) < 4.78 is 5.14. The molecule has 2 aliphatic heterocycles. The highest BCUT2D eigenvalue weighted by molar-refractivity contribution is 7.10. The minimum absolute atomic E-state index is 0.0554. The molecule has 3 aromatic rings. The van der Waals surface area contributed by atoms with Gasteiger partial charge in [0.05, 0.1) is 37.0 Å². The molecule has 0 amide bonds. The molecule has 2 aliphatic rings. The van der Waals surface area contributed by atoms with Gasteiger partial charge in [0.2, 0.25) is 0 Å². The summed E-state index contributed by atoms with van der Waals surface area (Å²) >= 11 is 1.50. The molecule has 194 valence electrons. The van der Waals surface area contributed by atoms with Crippen molar-refractivity contribution in [3.63, 3.8) is 0 Å². The van der Waals surface area contributed by atoms with Crippen LogP contribution >= 0.6 is 11.3 Å². The molecule has 0 saturated carbocycles. The minimum atomic E-state index is -0.117. The van der Waals surface area contributed by atoms with Crippen LogP contribution in [0.4, 0.5) is 11.5 Å². The van der Waals surface area contributed by atoms with Crippen molar-refractivity contribution in [2.24, 2.45) is 5.92 Å². The fourth-order valence-corrected chi connectivity index (χ4v) is 5.92. The van der Waals surface area contributed by atoms with E-state index in [1.54, 1.807) is 12.4 Å². The third kappa shape index (κ3) is 5.82. The van der Waals surface area contributed by atoms with Crippen LogP contribution in [0, 0.1) is 12.8 Å². The largest absolute Gasteiger partial charge is 0.466 e. The number of aryl methyl sites for hydroxylation is 1. The first-order valence-electron chi connectivity index (χ1n) is 13.1. The Labute approximate surface area is 221 Å². The fourth-order valence-electron chi connectivity index (χ4n) is 5.11. The topological polar surface area (TPSA) is 88.5 Å². The number of benzene rings is 1. The quantitative estimate of drug-likeness (QED) is 0.312. The molecule has 0 aliphatic carbocycles. The minimum Gasteiger partial charge on any atom is -0.466 e. The number of piperidine rings is 1. The first-order chi connectivity index (χ1) is 18.0. The molecule has 2 aromatic heterocycles. The van der Waals surface area contributed by atoms with E-state index in [-0.39, 0.29) is 24.1 Å². The molecule has 37 heavy (non-hydrogen) atoms. The van der Waals surface area contributed by atoms with Crippen LogP contribution in [0.5, 0.6) is 0 Å². The number of rotatable bonds is 8. The number of hydrogen-bond donors (Lipinski definition) is 0. The lowest BCUT2D eigenvalue weighted by Gasteiger charge is -2.31. The van der Waals surface area contributed by atoms with Gasteiger partial charge >= 0.3 is 5.97 Å². The normalized spacial score (nSPS) is 16.3. The number of carbonyl (C=O) groups is 2. The average Bonchev–Trinajstić information content (AvgIpc) is 3.62. The van der Waals surface area contributed by atoms with Crippen LogP contribution in [-0.2, 0) is 16.0 Å². The summed E-state index contributed by atoms with van der Waals surface area (Å²) in [6.45, 7) is 8.07. The maximum absolute atomic E-state index is 12.9. The Hall–Kier alpha value is -3.33. The first-order valence-corrected chi connectivity index (χ1v) is 14.0. The van der Waals surface area contributed by atoms with Gasteiger partial charge < -0.3 is 14.5 Å². The van der Waals surface area contributed by atoms with E-state index in [4.69, 9.17) is 9.72 Å². The lowest BCUT2D eigenvalue weighted by molar-refractivity contribution is -0.148. The lowest BCUT2D eigenvalue weighted by atomic mass is 9.97. The monoisotopic (exact) mass is 519 g/mol. The van der Waals surface area contributed by atoms with E-state index in [2.05, 4.69) is 44.9 Å². The molecule has 8 nitrogen and oxygen atoms in total. The predicted molar refractivity (Wildman–Crippen MR) is 145 cm³/mol. The van der Waals surface area contributed by atoms with E-state index < -0.39 is 0 Å². The number of esters is 1. The average molecular weight is 520 g/mol. The van der Waals surface area contributed by atoms with E-state index in [1.807, 2.05) is 12.3 Å². The van der Waals surface area contributed by atoms with E-state index in [0.29, 0.717) is 25.4 Å². The zero-order chi connectivity index (χ0) is 25.8. The van der Waals surface area contributed by atoms with Gasteiger partial charge in [0.25, 0.3) is 0 Å². The molecular weight excluding hydrogens is 486 g/mol. The molecule has 2 fully saturated rings. The number of anilines is 2. The molecule has 0 radical (unpaired) electrons. The molecule has 0 unspecified atom stereocenters. The van der Waals surface area contributed by atoms with Gasteiger partial charge in [0.1, 0.15) is 16.5 Å². The van der Waals surface area contributed by atoms with Crippen LogP contribution in [0.3, 0.4) is 0 Å². The molecule has 0 atom stereocenters. The van der Waals surface area contributed by atoms with Gasteiger partial charge in [-0.1, -0.05) is 6.07 Å². The van der Waals surface area contributed by atoms with Gasteiger partial charge in [0, 0.05) is 42.8 Å². The summed E-state index contributed by atoms with van der Waals surface area (Å²) in [5.41, 5.74) is 4.87. The molecule has 0 spiro atoms. The Morgan fingerprint density at radius 1 is 1.05 bits per heavy atom. The van der Waals surface area contributed by atoms with Crippen molar-refractivity contribution in [2.45, 2.75) is 46.0 Å². The number of nitrogens with zero attached hydrogens (tertiary/aromatic N) is 5. The molecule has 5 rings (SSSR count). The highest BCUT2D eigenvalue weighted by Crippen LogP contribution is 2.30. The number of hydrogen-bond acceptors (Lipinski definition) is 9.